The number of ether oxygens (including phenoxy) is 1. The number of carbonyl (C=O) groups is 1. The molecule has 1 aliphatic rings. The third kappa shape index (κ3) is 3.24. The van der Waals surface area contributed by atoms with Crippen molar-refractivity contribution >= 4 is 16.7 Å². The molecule has 0 bridgehead atoms. The molecule has 0 unspecified atom stereocenters. The first-order valence-electron chi connectivity index (χ1n) is 9.48. The molecule has 1 aliphatic carbocycles. The lowest BCUT2D eigenvalue weighted by Gasteiger charge is -2.33. The molecular weight excluding hydrogens is 320 g/mol. The molecule has 0 radical (unpaired) electrons. The van der Waals surface area contributed by atoms with Crippen LogP contribution in [0.5, 0.6) is 0 Å². The van der Waals surface area contributed by atoms with Crippen LogP contribution in [0.4, 0.5) is 0 Å². The van der Waals surface area contributed by atoms with Gasteiger partial charge in [0.25, 0.3) is 0 Å². The Morgan fingerprint density at radius 1 is 0.885 bits per heavy atom. The minimum atomic E-state index is -0.177. The fraction of sp³-hybridized carbons (Fsp3) is 0.292. The number of rotatable bonds is 3. The quantitative estimate of drug-likeness (QED) is 0.537. The van der Waals surface area contributed by atoms with E-state index in [-0.39, 0.29) is 18.0 Å². The van der Waals surface area contributed by atoms with Gasteiger partial charge in [0.05, 0.1) is 0 Å². The van der Waals surface area contributed by atoms with Crippen LogP contribution in [0.25, 0.3) is 21.9 Å². The summed E-state index contributed by atoms with van der Waals surface area (Å²) in [6, 6.07) is 23.5. The molecule has 0 amide bonds. The van der Waals surface area contributed by atoms with Gasteiger partial charge in [-0.15, -0.1) is 0 Å². The van der Waals surface area contributed by atoms with Crippen LogP contribution in [-0.2, 0) is 9.53 Å². The van der Waals surface area contributed by atoms with Gasteiger partial charge in [0, 0.05) is 12.8 Å². The molecule has 2 heteroatoms. The standard InChI is InChI=1S/C24H24O2/c1-17(25)26-23-14-8-7-13-22(23)24-20-12-6-5-11-19(20)15-16-21(24)18-9-3-2-4-10-18/h2-6,9-12,15-16,22-23H,7-8,13-14H2,1H3/t22-,23+/m1/s1. The number of fused-ring (bicyclic) bond motifs is 1. The third-order valence-electron chi connectivity index (χ3n) is 5.45. The van der Waals surface area contributed by atoms with E-state index in [9.17, 15) is 4.79 Å². The second-order valence-electron chi connectivity index (χ2n) is 7.15. The molecule has 1 fully saturated rings. The fourth-order valence-electron chi connectivity index (χ4n) is 4.35. The number of carbonyl (C=O) groups excluding carboxylic acids is 1. The Morgan fingerprint density at radius 2 is 1.62 bits per heavy atom. The molecule has 132 valence electrons. The largest absolute Gasteiger partial charge is 0.462 e. The highest BCUT2D eigenvalue weighted by Crippen LogP contribution is 2.43. The lowest BCUT2D eigenvalue weighted by Crippen LogP contribution is -2.28. The summed E-state index contributed by atoms with van der Waals surface area (Å²) in [5, 5.41) is 2.52. The van der Waals surface area contributed by atoms with Crippen molar-refractivity contribution in [2.75, 3.05) is 0 Å². The van der Waals surface area contributed by atoms with Gasteiger partial charge in [0.15, 0.2) is 0 Å². The Morgan fingerprint density at radius 3 is 2.42 bits per heavy atom. The molecule has 0 aromatic heterocycles. The highest BCUT2D eigenvalue weighted by molar-refractivity contribution is 5.92. The summed E-state index contributed by atoms with van der Waals surface area (Å²) in [5.41, 5.74) is 3.81. The summed E-state index contributed by atoms with van der Waals surface area (Å²) in [5.74, 6) is 0.0670. The summed E-state index contributed by atoms with van der Waals surface area (Å²) < 4.78 is 5.76. The zero-order chi connectivity index (χ0) is 17.9. The minimum Gasteiger partial charge on any atom is -0.462 e. The van der Waals surface area contributed by atoms with Gasteiger partial charge in [-0.3, -0.25) is 4.79 Å². The molecule has 0 N–H and O–H groups in total. The van der Waals surface area contributed by atoms with Crippen molar-refractivity contribution in [3.05, 3.63) is 72.3 Å². The van der Waals surface area contributed by atoms with Crippen LogP contribution in [0.3, 0.4) is 0 Å². The van der Waals surface area contributed by atoms with E-state index in [1.54, 1.807) is 0 Å². The zero-order valence-corrected chi connectivity index (χ0v) is 15.2. The van der Waals surface area contributed by atoms with Gasteiger partial charge in [-0.2, -0.15) is 0 Å². The van der Waals surface area contributed by atoms with Crippen LogP contribution in [0, 0.1) is 0 Å². The Bertz CT molecular complexity index is 914. The number of benzene rings is 3. The molecule has 4 rings (SSSR count). The second-order valence-corrected chi connectivity index (χ2v) is 7.15. The predicted molar refractivity (Wildman–Crippen MR) is 106 cm³/mol. The Balaban J connectivity index is 1.92. The minimum absolute atomic E-state index is 0.0329. The third-order valence-corrected chi connectivity index (χ3v) is 5.45. The Labute approximate surface area is 154 Å². The lowest BCUT2D eigenvalue weighted by molar-refractivity contribution is -0.148. The number of esters is 1. The van der Waals surface area contributed by atoms with E-state index in [1.807, 2.05) is 6.07 Å². The van der Waals surface area contributed by atoms with E-state index < -0.39 is 0 Å². The summed E-state index contributed by atoms with van der Waals surface area (Å²) in [4.78, 5) is 11.7. The van der Waals surface area contributed by atoms with Crippen LogP contribution in [0.15, 0.2) is 66.7 Å². The van der Waals surface area contributed by atoms with Gasteiger partial charge in [0.2, 0.25) is 0 Å². The van der Waals surface area contributed by atoms with E-state index in [2.05, 4.69) is 60.7 Å². The maximum Gasteiger partial charge on any atom is 0.302 e. The van der Waals surface area contributed by atoms with Crippen molar-refractivity contribution in [2.24, 2.45) is 0 Å². The van der Waals surface area contributed by atoms with Crippen molar-refractivity contribution < 1.29 is 9.53 Å². The van der Waals surface area contributed by atoms with E-state index in [1.165, 1.54) is 40.8 Å². The van der Waals surface area contributed by atoms with Crippen LogP contribution >= 0.6 is 0 Å². The summed E-state index contributed by atoms with van der Waals surface area (Å²) >= 11 is 0. The maximum absolute atomic E-state index is 11.7. The maximum atomic E-state index is 11.7. The van der Waals surface area contributed by atoms with Crippen LogP contribution in [0.1, 0.15) is 44.1 Å². The Hall–Kier alpha value is -2.61. The van der Waals surface area contributed by atoms with Crippen molar-refractivity contribution in [3.8, 4) is 11.1 Å². The fourth-order valence-corrected chi connectivity index (χ4v) is 4.35. The first-order chi connectivity index (χ1) is 12.7. The molecule has 0 heterocycles. The molecule has 2 nitrogen and oxygen atoms in total. The number of hydrogen-bond acceptors (Lipinski definition) is 2. The van der Waals surface area contributed by atoms with Gasteiger partial charge >= 0.3 is 5.97 Å². The summed E-state index contributed by atoms with van der Waals surface area (Å²) in [7, 11) is 0. The van der Waals surface area contributed by atoms with Crippen LogP contribution in [-0.4, -0.2) is 12.1 Å². The smallest absolute Gasteiger partial charge is 0.302 e. The monoisotopic (exact) mass is 344 g/mol. The van der Waals surface area contributed by atoms with Gasteiger partial charge < -0.3 is 4.74 Å². The first kappa shape index (κ1) is 16.8. The van der Waals surface area contributed by atoms with Crippen molar-refractivity contribution in [3.63, 3.8) is 0 Å². The highest BCUT2D eigenvalue weighted by Gasteiger charge is 2.31. The normalized spacial score (nSPS) is 20.0. The molecule has 0 saturated heterocycles. The second kappa shape index (κ2) is 7.33. The summed E-state index contributed by atoms with van der Waals surface area (Å²) in [6.45, 7) is 1.52. The van der Waals surface area contributed by atoms with E-state index in [0.29, 0.717) is 0 Å². The zero-order valence-electron chi connectivity index (χ0n) is 15.2. The highest BCUT2D eigenvalue weighted by atomic mass is 16.5. The average Bonchev–Trinajstić information content (AvgIpc) is 2.68. The molecule has 26 heavy (non-hydrogen) atoms. The molecule has 0 spiro atoms. The van der Waals surface area contributed by atoms with Gasteiger partial charge in [-0.1, -0.05) is 73.2 Å². The first-order valence-corrected chi connectivity index (χ1v) is 9.48. The van der Waals surface area contributed by atoms with Crippen LogP contribution in [0.2, 0.25) is 0 Å². The predicted octanol–water partition coefficient (Wildman–Crippen LogP) is 6.10. The van der Waals surface area contributed by atoms with Crippen LogP contribution < -0.4 is 0 Å². The summed E-state index contributed by atoms with van der Waals surface area (Å²) in [6.07, 6.45) is 4.28. The van der Waals surface area contributed by atoms with Gasteiger partial charge in [-0.05, 0) is 46.7 Å². The lowest BCUT2D eigenvalue weighted by atomic mass is 9.76. The molecular formula is C24H24O2. The molecule has 2 atom stereocenters. The molecule has 1 saturated carbocycles. The van der Waals surface area contributed by atoms with E-state index in [0.717, 1.165) is 19.3 Å². The molecule has 0 aliphatic heterocycles. The van der Waals surface area contributed by atoms with Gasteiger partial charge in [0.1, 0.15) is 6.10 Å². The number of hydrogen-bond donors (Lipinski definition) is 0. The molecule has 3 aromatic carbocycles. The Kier molecular flexibility index (Phi) is 4.75. The van der Waals surface area contributed by atoms with Gasteiger partial charge in [-0.25, -0.2) is 0 Å². The van der Waals surface area contributed by atoms with E-state index >= 15 is 0 Å². The topological polar surface area (TPSA) is 26.3 Å². The SMILES string of the molecule is CC(=O)O[C@H]1CCCC[C@H]1c1c(-c2ccccc2)ccc2ccccc12. The van der Waals surface area contributed by atoms with E-state index in [4.69, 9.17) is 4.74 Å². The average molecular weight is 344 g/mol. The molecule has 3 aromatic rings. The van der Waals surface area contributed by atoms with Crippen molar-refractivity contribution in [2.45, 2.75) is 44.6 Å². The van der Waals surface area contributed by atoms with Crippen molar-refractivity contribution in [1.29, 1.82) is 0 Å². The van der Waals surface area contributed by atoms with Crippen molar-refractivity contribution in [1.82, 2.24) is 0 Å².